The molecule has 1 N–H and O–H groups in total. The van der Waals surface area contributed by atoms with Crippen molar-refractivity contribution in [2.24, 2.45) is 0 Å². The molecule has 0 heterocycles. The molecule has 96 valence electrons. The molecule has 0 aromatic heterocycles. The Bertz CT molecular complexity index is 277. The fraction of sp³-hybridized carbons (Fsp3) is 0.571. The lowest BCUT2D eigenvalue weighted by atomic mass is 10.1. The normalized spacial score (nSPS) is 12.6. The fourth-order valence-corrected chi connectivity index (χ4v) is 1.72. The third-order valence-corrected chi connectivity index (χ3v) is 2.72. The maximum absolute atomic E-state index is 5.27. The molecular weight excluding hydrogens is 214 g/mol. The first-order valence-corrected chi connectivity index (χ1v) is 6.13. The van der Waals surface area contributed by atoms with E-state index in [2.05, 4.69) is 35.6 Å². The Kier molecular flexibility index (Phi) is 7.63. The fourth-order valence-electron chi connectivity index (χ4n) is 1.72. The number of benzene rings is 1. The Morgan fingerprint density at radius 2 is 1.94 bits per heavy atom. The van der Waals surface area contributed by atoms with Crippen LogP contribution >= 0.6 is 0 Å². The van der Waals surface area contributed by atoms with Gasteiger partial charge < -0.3 is 14.8 Å². The predicted molar refractivity (Wildman–Crippen MR) is 70.3 cm³/mol. The summed E-state index contributed by atoms with van der Waals surface area (Å²) in [5.41, 5.74) is 1.40. The average Bonchev–Trinajstić information content (AvgIpc) is 2.38. The molecule has 17 heavy (non-hydrogen) atoms. The minimum atomic E-state index is 0.150. The van der Waals surface area contributed by atoms with E-state index in [1.165, 1.54) is 5.56 Å². The molecule has 0 fully saturated rings. The Morgan fingerprint density at radius 1 is 1.18 bits per heavy atom. The van der Waals surface area contributed by atoms with Gasteiger partial charge in [0.2, 0.25) is 0 Å². The van der Waals surface area contributed by atoms with Gasteiger partial charge in [0.15, 0.2) is 0 Å². The molecular formula is C14H23NO2. The summed E-state index contributed by atoms with van der Waals surface area (Å²) in [6.45, 7) is 2.50. The highest BCUT2D eigenvalue weighted by atomic mass is 16.5. The first kappa shape index (κ1) is 14.2. The van der Waals surface area contributed by atoms with Crippen LogP contribution in [0.4, 0.5) is 0 Å². The molecule has 0 aliphatic carbocycles. The van der Waals surface area contributed by atoms with Crippen LogP contribution < -0.4 is 5.32 Å². The van der Waals surface area contributed by atoms with Gasteiger partial charge in [0.25, 0.3) is 0 Å². The van der Waals surface area contributed by atoms with Crippen molar-refractivity contribution in [2.45, 2.75) is 18.9 Å². The molecule has 1 atom stereocenters. The zero-order valence-corrected chi connectivity index (χ0v) is 10.8. The zero-order valence-electron chi connectivity index (χ0n) is 10.8. The second-order valence-electron chi connectivity index (χ2n) is 4.11. The quantitative estimate of drug-likeness (QED) is 0.665. The van der Waals surface area contributed by atoms with Crippen molar-refractivity contribution in [1.82, 2.24) is 5.32 Å². The average molecular weight is 237 g/mol. The molecule has 0 aliphatic rings. The van der Waals surface area contributed by atoms with Crippen molar-refractivity contribution in [2.75, 3.05) is 33.9 Å². The summed E-state index contributed by atoms with van der Waals surface area (Å²) in [6.07, 6.45) is 2.42. The number of rotatable bonds is 9. The first-order chi connectivity index (χ1) is 8.36. The molecule has 1 rings (SSSR count). The van der Waals surface area contributed by atoms with E-state index in [0.29, 0.717) is 6.61 Å². The SMILES string of the molecule is COCC(CNCCCc1ccccc1)OC. The van der Waals surface area contributed by atoms with E-state index in [1.807, 2.05) is 0 Å². The molecule has 1 aromatic carbocycles. The van der Waals surface area contributed by atoms with E-state index < -0.39 is 0 Å². The van der Waals surface area contributed by atoms with Gasteiger partial charge in [-0.3, -0.25) is 0 Å². The second kappa shape index (κ2) is 9.16. The van der Waals surface area contributed by atoms with Crippen LogP contribution in [0, 0.1) is 0 Å². The van der Waals surface area contributed by atoms with Crippen LogP contribution in [0.5, 0.6) is 0 Å². The van der Waals surface area contributed by atoms with Gasteiger partial charge in [-0.05, 0) is 24.9 Å². The summed E-state index contributed by atoms with van der Waals surface area (Å²) in [5.74, 6) is 0. The van der Waals surface area contributed by atoms with Gasteiger partial charge in [-0.1, -0.05) is 30.3 Å². The molecule has 0 radical (unpaired) electrons. The first-order valence-electron chi connectivity index (χ1n) is 6.13. The van der Waals surface area contributed by atoms with E-state index in [-0.39, 0.29) is 6.10 Å². The summed E-state index contributed by atoms with van der Waals surface area (Å²) in [5, 5.41) is 3.39. The molecule has 3 heteroatoms. The molecule has 0 saturated carbocycles. The van der Waals surface area contributed by atoms with Gasteiger partial charge in [0.1, 0.15) is 0 Å². The molecule has 0 bridgehead atoms. The van der Waals surface area contributed by atoms with Gasteiger partial charge in [-0.15, -0.1) is 0 Å². The lowest BCUT2D eigenvalue weighted by molar-refractivity contribution is 0.0290. The van der Waals surface area contributed by atoms with Gasteiger partial charge in [-0.25, -0.2) is 0 Å². The van der Waals surface area contributed by atoms with Crippen LogP contribution in [0.25, 0.3) is 0 Å². The van der Waals surface area contributed by atoms with Gasteiger partial charge in [-0.2, -0.15) is 0 Å². The van der Waals surface area contributed by atoms with E-state index in [4.69, 9.17) is 9.47 Å². The standard InChI is InChI=1S/C14H23NO2/c1-16-12-14(17-2)11-15-10-6-9-13-7-4-3-5-8-13/h3-5,7-8,14-15H,6,9-12H2,1-2H3. The lowest BCUT2D eigenvalue weighted by Gasteiger charge is -2.14. The number of methoxy groups -OCH3 is 2. The Balaban J connectivity index is 2.04. The van der Waals surface area contributed by atoms with Gasteiger partial charge in [0, 0.05) is 20.8 Å². The van der Waals surface area contributed by atoms with E-state index in [0.717, 1.165) is 25.9 Å². The van der Waals surface area contributed by atoms with Crippen molar-refractivity contribution in [3.63, 3.8) is 0 Å². The van der Waals surface area contributed by atoms with E-state index >= 15 is 0 Å². The minimum absolute atomic E-state index is 0.150. The Labute approximate surface area is 104 Å². The van der Waals surface area contributed by atoms with Crippen LogP contribution in [0.1, 0.15) is 12.0 Å². The highest BCUT2D eigenvalue weighted by Crippen LogP contribution is 2.01. The number of hydrogen-bond acceptors (Lipinski definition) is 3. The molecule has 0 amide bonds. The van der Waals surface area contributed by atoms with E-state index in [1.54, 1.807) is 14.2 Å². The Hall–Kier alpha value is -0.900. The Morgan fingerprint density at radius 3 is 2.59 bits per heavy atom. The summed E-state index contributed by atoms with van der Waals surface area (Å²) < 4.78 is 10.3. The number of nitrogens with one attached hydrogen (secondary N) is 1. The summed E-state index contributed by atoms with van der Waals surface area (Å²) in [4.78, 5) is 0. The second-order valence-corrected chi connectivity index (χ2v) is 4.11. The number of hydrogen-bond donors (Lipinski definition) is 1. The summed E-state index contributed by atoms with van der Waals surface area (Å²) in [6, 6.07) is 10.6. The van der Waals surface area contributed by atoms with Gasteiger partial charge in [0.05, 0.1) is 12.7 Å². The summed E-state index contributed by atoms with van der Waals surface area (Å²) >= 11 is 0. The van der Waals surface area contributed by atoms with Crippen molar-refractivity contribution in [3.8, 4) is 0 Å². The van der Waals surface area contributed by atoms with Crippen LogP contribution in [-0.4, -0.2) is 40.0 Å². The number of ether oxygens (including phenoxy) is 2. The van der Waals surface area contributed by atoms with Crippen LogP contribution in [0.2, 0.25) is 0 Å². The molecule has 1 aromatic rings. The van der Waals surface area contributed by atoms with E-state index in [9.17, 15) is 0 Å². The topological polar surface area (TPSA) is 30.5 Å². The van der Waals surface area contributed by atoms with Crippen molar-refractivity contribution < 1.29 is 9.47 Å². The summed E-state index contributed by atoms with van der Waals surface area (Å²) in [7, 11) is 3.41. The van der Waals surface area contributed by atoms with Crippen LogP contribution in [0.15, 0.2) is 30.3 Å². The lowest BCUT2D eigenvalue weighted by Crippen LogP contribution is -2.32. The maximum Gasteiger partial charge on any atom is 0.0928 e. The number of aryl methyl sites for hydroxylation is 1. The molecule has 0 aliphatic heterocycles. The van der Waals surface area contributed by atoms with Crippen molar-refractivity contribution in [1.29, 1.82) is 0 Å². The van der Waals surface area contributed by atoms with Crippen molar-refractivity contribution in [3.05, 3.63) is 35.9 Å². The highest BCUT2D eigenvalue weighted by molar-refractivity contribution is 5.14. The van der Waals surface area contributed by atoms with Gasteiger partial charge >= 0.3 is 0 Å². The molecule has 3 nitrogen and oxygen atoms in total. The molecule has 0 saturated heterocycles. The predicted octanol–water partition coefficient (Wildman–Crippen LogP) is 1.87. The monoisotopic (exact) mass is 237 g/mol. The van der Waals surface area contributed by atoms with Crippen LogP contribution in [-0.2, 0) is 15.9 Å². The third kappa shape index (κ3) is 6.41. The zero-order chi connectivity index (χ0) is 12.3. The maximum atomic E-state index is 5.27. The van der Waals surface area contributed by atoms with Crippen LogP contribution in [0.3, 0.4) is 0 Å². The highest BCUT2D eigenvalue weighted by Gasteiger charge is 2.04. The smallest absolute Gasteiger partial charge is 0.0928 e. The minimum Gasteiger partial charge on any atom is -0.382 e. The largest absolute Gasteiger partial charge is 0.382 e. The third-order valence-electron chi connectivity index (χ3n) is 2.72. The molecule has 1 unspecified atom stereocenters. The molecule has 0 spiro atoms. The van der Waals surface area contributed by atoms with Crippen molar-refractivity contribution >= 4 is 0 Å².